The maximum atomic E-state index is 12.2. The Morgan fingerprint density at radius 1 is 1.33 bits per heavy atom. The summed E-state index contributed by atoms with van der Waals surface area (Å²) >= 11 is 0. The number of methoxy groups -OCH3 is 1. The van der Waals surface area contributed by atoms with E-state index in [0.29, 0.717) is 12.1 Å². The van der Waals surface area contributed by atoms with Crippen molar-refractivity contribution in [2.45, 2.75) is 6.54 Å². The number of hydrogen-bond donors (Lipinski definition) is 1. The SMILES string of the molecule is COc1ccccc1CNC(=O)c1ccn2cncc2c1. The first-order valence-electron chi connectivity index (χ1n) is 6.60. The normalized spacial score (nSPS) is 10.5. The van der Waals surface area contributed by atoms with E-state index in [1.165, 1.54) is 0 Å². The van der Waals surface area contributed by atoms with Crippen LogP contribution in [0.2, 0.25) is 0 Å². The van der Waals surface area contributed by atoms with Gasteiger partial charge in [-0.3, -0.25) is 4.79 Å². The number of para-hydroxylation sites is 1. The van der Waals surface area contributed by atoms with E-state index < -0.39 is 0 Å². The van der Waals surface area contributed by atoms with Crippen LogP contribution in [-0.2, 0) is 6.54 Å². The van der Waals surface area contributed by atoms with Gasteiger partial charge in [0.25, 0.3) is 5.91 Å². The highest BCUT2D eigenvalue weighted by molar-refractivity contribution is 5.95. The molecule has 5 nitrogen and oxygen atoms in total. The molecule has 1 N–H and O–H groups in total. The molecule has 1 amide bonds. The Bertz CT molecular complexity index is 780. The second kappa shape index (κ2) is 5.66. The van der Waals surface area contributed by atoms with Crippen LogP contribution in [0.25, 0.3) is 5.52 Å². The van der Waals surface area contributed by atoms with Crippen LogP contribution in [0.5, 0.6) is 5.75 Å². The van der Waals surface area contributed by atoms with Gasteiger partial charge in [0.2, 0.25) is 0 Å². The first-order valence-corrected chi connectivity index (χ1v) is 6.60. The number of carbonyl (C=O) groups is 1. The Morgan fingerprint density at radius 2 is 2.19 bits per heavy atom. The van der Waals surface area contributed by atoms with E-state index in [1.54, 1.807) is 25.7 Å². The molecule has 3 aromatic rings. The van der Waals surface area contributed by atoms with Gasteiger partial charge in [-0.1, -0.05) is 18.2 Å². The molecule has 21 heavy (non-hydrogen) atoms. The summed E-state index contributed by atoms with van der Waals surface area (Å²) in [5, 5.41) is 2.90. The number of rotatable bonds is 4. The second-order valence-electron chi connectivity index (χ2n) is 4.64. The number of fused-ring (bicyclic) bond motifs is 1. The van der Waals surface area contributed by atoms with Gasteiger partial charge in [0.05, 0.1) is 25.2 Å². The molecule has 106 valence electrons. The minimum absolute atomic E-state index is 0.121. The lowest BCUT2D eigenvalue weighted by Crippen LogP contribution is -2.23. The number of aromatic nitrogens is 2. The Hall–Kier alpha value is -2.82. The fraction of sp³-hybridized carbons (Fsp3) is 0.125. The summed E-state index contributed by atoms with van der Waals surface area (Å²) in [6.45, 7) is 0.424. The summed E-state index contributed by atoms with van der Waals surface area (Å²) in [6.07, 6.45) is 5.24. The lowest BCUT2D eigenvalue weighted by Gasteiger charge is -2.09. The number of imidazole rings is 1. The van der Waals surface area contributed by atoms with Crippen molar-refractivity contribution in [2.24, 2.45) is 0 Å². The van der Waals surface area contributed by atoms with Crippen LogP contribution in [-0.4, -0.2) is 22.4 Å². The third-order valence-corrected chi connectivity index (χ3v) is 3.31. The molecule has 0 saturated heterocycles. The zero-order valence-electron chi connectivity index (χ0n) is 11.6. The summed E-state index contributed by atoms with van der Waals surface area (Å²) in [4.78, 5) is 16.2. The molecular weight excluding hydrogens is 266 g/mol. The Kier molecular flexibility index (Phi) is 3.55. The molecular formula is C16H15N3O2. The summed E-state index contributed by atoms with van der Waals surface area (Å²) < 4.78 is 7.13. The third kappa shape index (κ3) is 2.72. The van der Waals surface area contributed by atoms with E-state index in [2.05, 4.69) is 10.3 Å². The fourth-order valence-corrected chi connectivity index (χ4v) is 2.19. The smallest absolute Gasteiger partial charge is 0.251 e. The zero-order valence-corrected chi connectivity index (χ0v) is 11.6. The van der Waals surface area contributed by atoms with Gasteiger partial charge in [-0.15, -0.1) is 0 Å². The summed E-state index contributed by atoms with van der Waals surface area (Å²) in [6, 6.07) is 11.2. The highest BCUT2D eigenvalue weighted by Crippen LogP contribution is 2.17. The molecule has 1 aromatic carbocycles. The molecule has 0 spiro atoms. The van der Waals surface area contributed by atoms with Crippen molar-refractivity contribution in [3.63, 3.8) is 0 Å². The number of pyridine rings is 1. The van der Waals surface area contributed by atoms with Gasteiger partial charge in [0, 0.05) is 23.9 Å². The maximum absolute atomic E-state index is 12.2. The molecule has 3 rings (SSSR count). The molecule has 0 aliphatic heterocycles. The lowest BCUT2D eigenvalue weighted by molar-refractivity contribution is 0.0950. The van der Waals surface area contributed by atoms with Gasteiger partial charge < -0.3 is 14.5 Å². The molecule has 0 unspecified atom stereocenters. The van der Waals surface area contributed by atoms with E-state index in [9.17, 15) is 4.79 Å². The van der Waals surface area contributed by atoms with Crippen LogP contribution < -0.4 is 10.1 Å². The largest absolute Gasteiger partial charge is 0.496 e. The summed E-state index contributed by atoms with van der Waals surface area (Å²) in [5.41, 5.74) is 2.44. The Morgan fingerprint density at radius 3 is 3.05 bits per heavy atom. The van der Waals surface area contributed by atoms with Gasteiger partial charge >= 0.3 is 0 Å². The number of nitrogens with one attached hydrogen (secondary N) is 1. The van der Waals surface area contributed by atoms with E-state index in [1.807, 2.05) is 40.9 Å². The number of benzene rings is 1. The Balaban J connectivity index is 1.74. The van der Waals surface area contributed by atoms with Gasteiger partial charge in [-0.05, 0) is 18.2 Å². The number of hydrogen-bond acceptors (Lipinski definition) is 3. The quantitative estimate of drug-likeness (QED) is 0.798. The van der Waals surface area contributed by atoms with Crippen LogP contribution >= 0.6 is 0 Å². The zero-order chi connectivity index (χ0) is 14.7. The predicted octanol–water partition coefficient (Wildman–Crippen LogP) is 2.27. The van der Waals surface area contributed by atoms with Gasteiger partial charge in [-0.2, -0.15) is 0 Å². The molecule has 0 fully saturated rings. The van der Waals surface area contributed by atoms with Crippen LogP contribution in [0, 0.1) is 0 Å². The maximum Gasteiger partial charge on any atom is 0.251 e. The standard InChI is InChI=1S/C16H15N3O2/c1-21-15-5-3-2-4-13(15)9-18-16(20)12-6-7-19-11-17-10-14(19)8-12/h2-8,10-11H,9H2,1H3,(H,18,20). The minimum atomic E-state index is -0.121. The number of ether oxygens (including phenoxy) is 1. The van der Waals surface area contributed by atoms with Crippen molar-refractivity contribution in [1.29, 1.82) is 0 Å². The van der Waals surface area contributed by atoms with E-state index in [0.717, 1.165) is 16.8 Å². The minimum Gasteiger partial charge on any atom is -0.496 e. The van der Waals surface area contributed by atoms with E-state index in [4.69, 9.17) is 4.74 Å². The molecule has 2 heterocycles. The highest BCUT2D eigenvalue weighted by atomic mass is 16.5. The number of amides is 1. The van der Waals surface area contributed by atoms with Crippen LogP contribution in [0.4, 0.5) is 0 Å². The van der Waals surface area contributed by atoms with Gasteiger partial charge in [0.1, 0.15) is 5.75 Å². The first kappa shape index (κ1) is 13.2. The van der Waals surface area contributed by atoms with Crippen LogP contribution in [0.15, 0.2) is 55.1 Å². The van der Waals surface area contributed by atoms with Crippen LogP contribution in [0.3, 0.4) is 0 Å². The summed E-state index contributed by atoms with van der Waals surface area (Å²) in [7, 11) is 1.62. The predicted molar refractivity (Wildman–Crippen MR) is 79.4 cm³/mol. The molecule has 2 aromatic heterocycles. The molecule has 0 radical (unpaired) electrons. The molecule has 5 heteroatoms. The third-order valence-electron chi connectivity index (χ3n) is 3.31. The van der Waals surface area contributed by atoms with Gasteiger partial charge in [-0.25, -0.2) is 4.98 Å². The van der Waals surface area contributed by atoms with Gasteiger partial charge in [0.15, 0.2) is 0 Å². The van der Waals surface area contributed by atoms with E-state index in [-0.39, 0.29) is 5.91 Å². The second-order valence-corrected chi connectivity index (χ2v) is 4.64. The average molecular weight is 281 g/mol. The summed E-state index contributed by atoms with van der Waals surface area (Å²) in [5.74, 6) is 0.647. The van der Waals surface area contributed by atoms with Crippen molar-refractivity contribution in [3.8, 4) is 5.75 Å². The fourth-order valence-electron chi connectivity index (χ4n) is 2.19. The molecule has 0 bridgehead atoms. The van der Waals surface area contributed by atoms with Crippen molar-refractivity contribution in [1.82, 2.24) is 14.7 Å². The number of carbonyl (C=O) groups excluding carboxylic acids is 1. The van der Waals surface area contributed by atoms with Crippen LogP contribution in [0.1, 0.15) is 15.9 Å². The number of nitrogens with zero attached hydrogens (tertiary/aromatic N) is 2. The molecule has 0 saturated carbocycles. The van der Waals surface area contributed by atoms with Crippen molar-refractivity contribution in [3.05, 3.63) is 66.2 Å². The average Bonchev–Trinajstić information content (AvgIpc) is 3.00. The first-order chi connectivity index (χ1) is 10.3. The van der Waals surface area contributed by atoms with Crippen molar-refractivity contribution < 1.29 is 9.53 Å². The van der Waals surface area contributed by atoms with E-state index >= 15 is 0 Å². The molecule has 0 aliphatic rings. The monoisotopic (exact) mass is 281 g/mol. The molecule has 0 atom stereocenters. The highest BCUT2D eigenvalue weighted by Gasteiger charge is 2.08. The molecule has 0 aliphatic carbocycles. The van der Waals surface area contributed by atoms with Crippen molar-refractivity contribution >= 4 is 11.4 Å². The lowest BCUT2D eigenvalue weighted by atomic mass is 10.2. The topological polar surface area (TPSA) is 55.6 Å². The van der Waals surface area contributed by atoms with Crippen molar-refractivity contribution in [2.75, 3.05) is 7.11 Å². The Labute approximate surface area is 122 Å².